The summed E-state index contributed by atoms with van der Waals surface area (Å²) < 4.78 is 50.0. The van der Waals surface area contributed by atoms with E-state index in [1.54, 1.807) is 29.2 Å². The Balaban J connectivity index is 1.46. The molecule has 1 amide bonds. The van der Waals surface area contributed by atoms with E-state index in [-0.39, 0.29) is 40.3 Å². The Hall–Kier alpha value is -3.72. The fraction of sp³-hybridized carbons (Fsp3) is 0.286. The molecule has 4 rings (SSSR count). The molecule has 0 aliphatic heterocycles. The summed E-state index contributed by atoms with van der Waals surface area (Å²) in [5.74, 6) is -1.39. The van der Waals surface area contributed by atoms with Crippen molar-refractivity contribution in [2.45, 2.75) is 50.1 Å². The predicted molar refractivity (Wildman–Crippen MR) is 135 cm³/mol. The molecule has 0 heterocycles. The van der Waals surface area contributed by atoms with Crippen molar-refractivity contribution in [2.75, 3.05) is 6.61 Å². The maximum absolute atomic E-state index is 13.6. The van der Waals surface area contributed by atoms with Crippen molar-refractivity contribution >= 4 is 22.0 Å². The van der Waals surface area contributed by atoms with Gasteiger partial charge in [0, 0.05) is 18.2 Å². The molecule has 0 N–H and O–H groups in total. The SMILES string of the molecule is CCCCOC(=O)c1ccccc1S(=O)(=O)Oc1ccc(CN(C(=O)c2cccc(F)c2)C2CC2)cc1. The van der Waals surface area contributed by atoms with Crippen LogP contribution in [0.2, 0.25) is 0 Å². The van der Waals surface area contributed by atoms with Crippen LogP contribution >= 0.6 is 0 Å². The number of hydrogen-bond donors (Lipinski definition) is 0. The van der Waals surface area contributed by atoms with Gasteiger partial charge in [-0.25, -0.2) is 9.18 Å². The average molecular weight is 526 g/mol. The highest BCUT2D eigenvalue weighted by molar-refractivity contribution is 7.87. The maximum Gasteiger partial charge on any atom is 0.340 e. The van der Waals surface area contributed by atoms with E-state index in [4.69, 9.17) is 8.92 Å². The molecule has 0 unspecified atom stereocenters. The Morgan fingerprint density at radius 3 is 2.41 bits per heavy atom. The maximum atomic E-state index is 13.6. The topological polar surface area (TPSA) is 90.0 Å². The van der Waals surface area contributed by atoms with E-state index in [1.807, 2.05) is 6.92 Å². The van der Waals surface area contributed by atoms with Gasteiger partial charge in [0.05, 0.1) is 12.2 Å². The number of ether oxygens (including phenoxy) is 1. The van der Waals surface area contributed by atoms with Gasteiger partial charge >= 0.3 is 16.1 Å². The third-order valence-corrected chi connectivity index (χ3v) is 7.22. The molecule has 3 aromatic rings. The number of hydrogen-bond acceptors (Lipinski definition) is 6. The lowest BCUT2D eigenvalue weighted by Gasteiger charge is -2.23. The number of unbranched alkanes of at least 4 members (excludes halogenated alkanes) is 1. The quantitative estimate of drug-likeness (QED) is 0.190. The lowest BCUT2D eigenvalue weighted by atomic mass is 10.1. The Morgan fingerprint density at radius 1 is 1.00 bits per heavy atom. The van der Waals surface area contributed by atoms with Gasteiger partial charge in [-0.2, -0.15) is 8.42 Å². The number of carbonyl (C=O) groups excluding carboxylic acids is 2. The zero-order chi connectivity index (χ0) is 26.4. The third-order valence-electron chi connectivity index (χ3n) is 5.91. The molecule has 1 saturated carbocycles. The number of halogens is 1. The number of rotatable bonds is 11. The Kier molecular flexibility index (Phi) is 8.23. The third kappa shape index (κ3) is 6.74. The van der Waals surface area contributed by atoms with E-state index in [2.05, 4.69) is 0 Å². The van der Waals surface area contributed by atoms with Crippen LogP contribution in [0.1, 0.15) is 58.9 Å². The van der Waals surface area contributed by atoms with Gasteiger partial charge < -0.3 is 13.8 Å². The predicted octanol–water partition coefficient (Wildman–Crippen LogP) is 5.36. The van der Waals surface area contributed by atoms with Gasteiger partial charge in [0.2, 0.25) is 0 Å². The van der Waals surface area contributed by atoms with Crippen molar-refractivity contribution in [2.24, 2.45) is 0 Å². The second-order valence-electron chi connectivity index (χ2n) is 8.84. The molecule has 194 valence electrons. The summed E-state index contributed by atoms with van der Waals surface area (Å²) in [6.45, 7) is 2.45. The van der Waals surface area contributed by atoms with Crippen LogP contribution in [0.5, 0.6) is 5.75 Å². The molecule has 1 aliphatic rings. The van der Waals surface area contributed by atoms with Crippen molar-refractivity contribution in [3.8, 4) is 5.75 Å². The van der Waals surface area contributed by atoms with Crippen molar-refractivity contribution in [1.29, 1.82) is 0 Å². The zero-order valence-electron chi connectivity index (χ0n) is 20.4. The first-order valence-corrected chi connectivity index (χ1v) is 13.6. The second kappa shape index (κ2) is 11.6. The van der Waals surface area contributed by atoms with Gasteiger partial charge in [0.15, 0.2) is 0 Å². The zero-order valence-corrected chi connectivity index (χ0v) is 21.2. The molecule has 9 heteroatoms. The molecule has 0 atom stereocenters. The monoisotopic (exact) mass is 525 g/mol. The number of amides is 1. The van der Waals surface area contributed by atoms with E-state index >= 15 is 0 Å². The highest BCUT2D eigenvalue weighted by Crippen LogP contribution is 2.30. The van der Waals surface area contributed by atoms with Crippen molar-refractivity contribution in [3.05, 3.63) is 95.3 Å². The number of benzene rings is 3. The van der Waals surface area contributed by atoms with Crippen molar-refractivity contribution < 1.29 is 31.3 Å². The molecule has 1 fully saturated rings. The molecular weight excluding hydrogens is 497 g/mol. The fourth-order valence-corrected chi connectivity index (χ4v) is 4.92. The number of esters is 1. The molecule has 37 heavy (non-hydrogen) atoms. The summed E-state index contributed by atoms with van der Waals surface area (Å²) in [4.78, 5) is 26.8. The van der Waals surface area contributed by atoms with E-state index in [0.29, 0.717) is 13.0 Å². The van der Waals surface area contributed by atoms with Crippen LogP contribution in [-0.4, -0.2) is 37.8 Å². The van der Waals surface area contributed by atoms with Gasteiger partial charge in [0.25, 0.3) is 5.91 Å². The van der Waals surface area contributed by atoms with Crippen LogP contribution in [-0.2, 0) is 21.4 Å². The summed E-state index contributed by atoms with van der Waals surface area (Å²) >= 11 is 0. The summed E-state index contributed by atoms with van der Waals surface area (Å²) in [5, 5.41) is 0. The average Bonchev–Trinajstić information content (AvgIpc) is 3.73. The minimum atomic E-state index is -4.31. The normalized spacial score (nSPS) is 13.1. The Morgan fingerprint density at radius 2 is 1.73 bits per heavy atom. The highest BCUT2D eigenvalue weighted by atomic mass is 32.2. The van der Waals surface area contributed by atoms with Gasteiger partial charge in [-0.15, -0.1) is 0 Å². The van der Waals surface area contributed by atoms with Gasteiger partial charge in [0.1, 0.15) is 16.5 Å². The Bertz CT molecular complexity index is 1370. The fourth-order valence-electron chi connectivity index (χ4n) is 3.80. The van der Waals surface area contributed by atoms with Gasteiger partial charge in [-0.05, 0) is 67.3 Å². The molecule has 0 saturated heterocycles. The largest absolute Gasteiger partial charge is 0.462 e. The van der Waals surface area contributed by atoms with Crippen LogP contribution in [0.15, 0.2) is 77.7 Å². The molecule has 0 radical (unpaired) electrons. The van der Waals surface area contributed by atoms with Crippen molar-refractivity contribution in [1.82, 2.24) is 4.90 Å². The standard InChI is InChI=1S/C28H28FNO6S/c1-2-3-17-35-28(32)25-9-4-5-10-26(25)37(33,34)36-24-15-11-20(12-16-24)19-30(23-13-14-23)27(31)21-7-6-8-22(29)18-21/h4-12,15-16,18,23H,2-3,13-14,17,19H2,1H3. The molecule has 0 spiro atoms. The molecule has 3 aromatic carbocycles. The van der Waals surface area contributed by atoms with Crippen LogP contribution < -0.4 is 4.18 Å². The van der Waals surface area contributed by atoms with E-state index in [1.165, 1.54) is 48.5 Å². The van der Waals surface area contributed by atoms with Crippen LogP contribution in [0.4, 0.5) is 4.39 Å². The minimum absolute atomic E-state index is 0.0623. The number of nitrogens with zero attached hydrogens (tertiary/aromatic N) is 1. The van der Waals surface area contributed by atoms with Gasteiger partial charge in [-0.3, -0.25) is 4.79 Å². The molecule has 1 aliphatic carbocycles. The molecule has 0 bridgehead atoms. The lowest BCUT2D eigenvalue weighted by Crippen LogP contribution is -2.32. The minimum Gasteiger partial charge on any atom is -0.462 e. The molecular formula is C28H28FNO6S. The summed E-state index contributed by atoms with van der Waals surface area (Å²) in [6, 6.07) is 17.7. The molecule has 0 aromatic heterocycles. The van der Waals surface area contributed by atoms with Crippen LogP contribution in [0.25, 0.3) is 0 Å². The Labute approximate surface area is 215 Å². The lowest BCUT2D eigenvalue weighted by molar-refractivity contribution is 0.0494. The van der Waals surface area contributed by atoms with E-state index in [9.17, 15) is 22.4 Å². The summed E-state index contributed by atoms with van der Waals surface area (Å²) in [6.07, 6.45) is 3.26. The highest BCUT2D eigenvalue weighted by Gasteiger charge is 2.33. The van der Waals surface area contributed by atoms with Crippen LogP contribution in [0.3, 0.4) is 0 Å². The number of carbonyl (C=O) groups is 2. The van der Waals surface area contributed by atoms with Crippen LogP contribution in [0, 0.1) is 5.82 Å². The van der Waals surface area contributed by atoms with Gasteiger partial charge in [-0.1, -0.05) is 43.7 Å². The second-order valence-corrected chi connectivity index (χ2v) is 10.4. The molecule has 7 nitrogen and oxygen atoms in total. The first-order valence-electron chi connectivity index (χ1n) is 12.1. The van der Waals surface area contributed by atoms with E-state index in [0.717, 1.165) is 24.8 Å². The van der Waals surface area contributed by atoms with E-state index < -0.39 is 21.9 Å². The van der Waals surface area contributed by atoms with Crippen molar-refractivity contribution in [3.63, 3.8) is 0 Å². The summed E-state index contributed by atoms with van der Waals surface area (Å²) in [7, 11) is -4.31. The summed E-state index contributed by atoms with van der Waals surface area (Å²) in [5.41, 5.74) is 0.956. The first kappa shape index (κ1) is 26.3. The smallest absolute Gasteiger partial charge is 0.340 e. The first-order chi connectivity index (χ1) is 17.8.